The first kappa shape index (κ1) is 15.3. The van der Waals surface area contributed by atoms with Gasteiger partial charge < -0.3 is 9.84 Å². The van der Waals surface area contributed by atoms with Gasteiger partial charge in [0.25, 0.3) is 0 Å². The summed E-state index contributed by atoms with van der Waals surface area (Å²) in [5, 5.41) is 13.9. The van der Waals surface area contributed by atoms with Crippen LogP contribution in [-0.4, -0.2) is 28.0 Å². The van der Waals surface area contributed by atoms with Crippen molar-refractivity contribution in [3.8, 4) is 22.7 Å². The van der Waals surface area contributed by atoms with E-state index in [-0.39, 0.29) is 5.69 Å². The quantitative estimate of drug-likeness (QED) is 0.751. The SMILES string of the molecule is COc1ccc(-n2nc(-c3ccc(Br)cc3)cc2C(=O)O)cc1. The molecule has 3 aromatic rings. The number of hydrogen-bond donors (Lipinski definition) is 1. The van der Waals surface area contributed by atoms with Gasteiger partial charge in [-0.05, 0) is 42.5 Å². The zero-order valence-electron chi connectivity index (χ0n) is 12.2. The van der Waals surface area contributed by atoms with Gasteiger partial charge in [-0.15, -0.1) is 0 Å². The van der Waals surface area contributed by atoms with E-state index in [0.717, 1.165) is 10.0 Å². The molecule has 1 heterocycles. The van der Waals surface area contributed by atoms with Crippen LogP contribution in [0.1, 0.15) is 10.5 Å². The van der Waals surface area contributed by atoms with E-state index in [1.165, 1.54) is 4.68 Å². The van der Waals surface area contributed by atoms with Crippen molar-refractivity contribution in [3.63, 3.8) is 0 Å². The molecule has 0 aliphatic heterocycles. The Bertz CT molecular complexity index is 839. The number of carbonyl (C=O) groups is 1. The lowest BCUT2D eigenvalue weighted by Gasteiger charge is -2.05. The molecule has 0 fully saturated rings. The van der Waals surface area contributed by atoms with Gasteiger partial charge in [0.15, 0.2) is 5.69 Å². The van der Waals surface area contributed by atoms with Gasteiger partial charge in [0, 0.05) is 10.0 Å². The highest BCUT2D eigenvalue weighted by molar-refractivity contribution is 9.10. The predicted molar refractivity (Wildman–Crippen MR) is 90.2 cm³/mol. The second-order valence-electron chi connectivity index (χ2n) is 4.84. The lowest BCUT2D eigenvalue weighted by molar-refractivity contribution is 0.0687. The van der Waals surface area contributed by atoms with Crippen LogP contribution in [-0.2, 0) is 0 Å². The van der Waals surface area contributed by atoms with E-state index in [4.69, 9.17) is 4.74 Å². The summed E-state index contributed by atoms with van der Waals surface area (Å²) >= 11 is 3.38. The molecule has 6 heteroatoms. The van der Waals surface area contributed by atoms with Crippen LogP contribution in [0.2, 0.25) is 0 Å². The van der Waals surface area contributed by atoms with Gasteiger partial charge in [0.1, 0.15) is 5.75 Å². The smallest absolute Gasteiger partial charge is 0.354 e. The Kier molecular flexibility index (Phi) is 4.16. The summed E-state index contributed by atoms with van der Waals surface area (Å²) in [7, 11) is 1.58. The Hall–Kier alpha value is -2.60. The number of halogens is 1. The van der Waals surface area contributed by atoms with Crippen LogP contribution in [0.4, 0.5) is 0 Å². The minimum absolute atomic E-state index is 0.105. The second kappa shape index (κ2) is 6.26. The molecule has 0 aliphatic carbocycles. The number of carboxylic acid groups (broad SMARTS) is 1. The molecule has 1 aromatic heterocycles. The molecule has 0 amide bonds. The highest BCUT2D eigenvalue weighted by Gasteiger charge is 2.16. The Morgan fingerprint density at radius 3 is 2.35 bits per heavy atom. The minimum Gasteiger partial charge on any atom is -0.497 e. The number of methoxy groups -OCH3 is 1. The van der Waals surface area contributed by atoms with E-state index >= 15 is 0 Å². The largest absolute Gasteiger partial charge is 0.497 e. The number of rotatable bonds is 4. The number of hydrogen-bond acceptors (Lipinski definition) is 3. The lowest BCUT2D eigenvalue weighted by atomic mass is 10.1. The first-order valence-corrected chi connectivity index (χ1v) is 7.61. The molecule has 23 heavy (non-hydrogen) atoms. The van der Waals surface area contributed by atoms with Crippen LogP contribution in [0.5, 0.6) is 5.75 Å². The van der Waals surface area contributed by atoms with Crippen molar-refractivity contribution < 1.29 is 14.6 Å². The van der Waals surface area contributed by atoms with Crippen LogP contribution < -0.4 is 4.74 Å². The molecule has 0 unspecified atom stereocenters. The molecular weight excluding hydrogens is 360 g/mol. The molecule has 0 aliphatic rings. The summed E-state index contributed by atoms with van der Waals surface area (Å²) in [5.41, 5.74) is 2.22. The van der Waals surface area contributed by atoms with Crippen LogP contribution in [0.15, 0.2) is 59.1 Å². The van der Waals surface area contributed by atoms with Crippen molar-refractivity contribution >= 4 is 21.9 Å². The van der Waals surface area contributed by atoms with E-state index in [2.05, 4.69) is 21.0 Å². The Balaban J connectivity index is 2.08. The van der Waals surface area contributed by atoms with Crippen molar-refractivity contribution in [3.05, 3.63) is 64.8 Å². The second-order valence-corrected chi connectivity index (χ2v) is 5.75. The van der Waals surface area contributed by atoms with Crippen LogP contribution in [0, 0.1) is 0 Å². The minimum atomic E-state index is -1.03. The molecule has 116 valence electrons. The maximum Gasteiger partial charge on any atom is 0.354 e. The average Bonchev–Trinajstić information content (AvgIpc) is 3.01. The van der Waals surface area contributed by atoms with Gasteiger partial charge in [0.2, 0.25) is 0 Å². The van der Waals surface area contributed by atoms with E-state index in [1.807, 2.05) is 24.3 Å². The zero-order chi connectivity index (χ0) is 16.4. The Morgan fingerprint density at radius 1 is 1.13 bits per heavy atom. The summed E-state index contributed by atoms with van der Waals surface area (Å²) in [6.45, 7) is 0. The van der Waals surface area contributed by atoms with E-state index in [9.17, 15) is 9.90 Å². The standard InChI is InChI=1S/C17H13BrN2O3/c1-23-14-8-6-13(7-9-14)20-16(17(21)22)10-15(19-20)11-2-4-12(18)5-3-11/h2-10H,1H3,(H,21,22). The summed E-state index contributed by atoms with van der Waals surface area (Å²) in [6, 6.07) is 16.2. The highest BCUT2D eigenvalue weighted by Crippen LogP contribution is 2.24. The number of benzene rings is 2. The van der Waals surface area contributed by atoms with Crippen molar-refractivity contribution in [2.45, 2.75) is 0 Å². The molecule has 0 radical (unpaired) electrons. The molecule has 0 bridgehead atoms. The lowest BCUT2D eigenvalue weighted by Crippen LogP contribution is -2.07. The van der Waals surface area contributed by atoms with Crippen LogP contribution >= 0.6 is 15.9 Å². The topological polar surface area (TPSA) is 64.4 Å². The average molecular weight is 373 g/mol. The van der Waals surface area contributed by atoms with Crippen LogP contribution in [0.3, 0.4) is 0 Å². The fourth-order valence-corrected chi connectivity index (χ4v) is 2.48. The van der Waals surface area contributed by atoms with Crippen molar-refractivity contribution in [2.24, 2.45) is 0 Å². The first-order valence-electron chi connectivity index (χ1n) is 6.82. The molecular formula is C17H13BrN2O3. The molecule has 3 rings (SSSR count). The molecule has 1 N–H and O–H groups in total. The number of ether oxygens (including phenoxy) is 1. The van der Waals surface area contributed by atoms with Crippen molar-refractivity contribution in [1.29, 1.82) is 0 Å². The van der Waals surface area contributed by atoms with E-state index in [0.29, 0.717) is 17.1 Å². The van der Waals surface area contributed by atoms with Crippen molar-refractivity contribution in [2.75, 3.05) is 7.11 Å². The monoisotopic (exact) mass is 372 g/mol. The summed E-state index contributed by atoms with van der Waals surface area (Å²) < 4.78 is 7.49. The predicted octanol–water partition coefficient (Wildman–Crippen LogP) is 4.01. The summed E-state index contributed by atoms with van der Waals surface area (Å²) in [6.07, 6.45) is 0. The third-order valence-electron chi connectivity index (χ3n) is 3.39. The normalized spacial score (nSPS) is 10.5. The molecule has 0 saturated carbocycles. The molecule has 0 spiro atoms. The number of nitrogens with zero attached hydrogens (tertiary/aromatic N) is 2. The number of aromatic nitrogens is 2. The molecule has 0 atom stereocenters. The molecule has 5 nitrogen and oxygen atoms in total. The van der Waals surface area contributed by atoms with Gasteiger partial charge in [-0.25, -0.2) is 9.48 Å². The highest BCUT2D eigenvalue weighted by atomic mass is 79.9. The van der Waals surface area contributed by atoms with Gasteiger partial charge in [-0.1, -0.05) is 28.1 Å². The first-order chi connectivity index (χ1) is 11.1. The van der Waals surface area contributed by atoms with Gasteiger partial charge in [0.05, 0.1) is 18.5 Å². The van der Waals surface area contributed by atoms with E-state index in [1.54, 1.807) is 37.4 Å². The van der Waals surface area contributed by atoms with Gasteiger partial charge in [-0.3, -0.25) is 0 Å². The van der Waals surface area contributed by atoms with Crippen molar-refractivity contribution in [1.82, 2.24) is 9.78 Å². The number of aromatic carboxylic acids is 1. The van der Waals surface area contributed by atoms with Gasteiger partial charge in [-0.2, -0.15) is 5.10 Å². The third-order valence-corrected chi connectivity index (χ3v) is 3.91. The third kappa shape index (κ3) is 3.12. The van der Waals surface area contributed by atoms with Gasteiger partial charge >= 0.3 is 5.97 Å². The summed E-state index contributed by atoms with van der Waals surface area (Å²) in [4.78, 5) is 11.5. The van der Waals surface area contributed by atoms with Crippen LogP contribution in [0.25, 0.3) is 16.9 Å². The fourth-order valence-electron chi connectivity index (χ4n) is 2.22. The molecule has 0 saturated heterocycles. The fraction of sp³-hybridized carbons (Fsp3) is 0.0588. The molecule has 2 aromatic carbocycles. The Labute approximate surface area is 141 Å². The van der Waals surface area contributed by atoms with E-state index < -0.39 is 5.97 Å². The summed E-state index contributed by atoms with van der Waals surface area (Å²) in [5.74, 6) is -0.331. The maximum atomic E-state index is 11.5. The zero-order valence-corrected chi connectivity index (χ0v) is 13.8. The Morgan fingerprint density at radius 2 is 1.78 bits per heavy atom. The number of carboxylic acids is 1. The maximum absolute atomic E-state index is 11.5.